The van der Waals surface area contributed by atoms with E-state index in [1.165, 1.54) is 34.4 Å². The quantitative estimate of drug-likeness (QED) is 0.368. The van der Waals surface area contributed by atoms with Gasteiger partial charge in [0.15, 0.2) is 5.69 Å². The van der Waals surface area contributed by atoms with Gasteiger partial charge in [-0.05, 0) is 36.8 Å². The third-order valence-corrected chi connectivity index (χ3v) is 6.70. The number of hydrogen-bond acceptors (Lipinski definition) is 6. The second kappa shape index (κ2) is 9.23. The van der Waals surface area contributed by atoms with E-state index < -0.39 is 17.8 Å². The Morgan fingerprint density at radius 3 is 2.58 bits per heavy atom. The number of anilines is 2. The van der Waals surface area contributed by atoms with Gasteiger partial charge in [-0.25, -0.2) is 19.2 Å². The predicted molar refractivity (Wildman–Crippen MR) is 137 cm³/mol. The Labute approximate surface area is 211 Å². The van der Waals surface area contributed by atoms with Crippen LogP contribution < -0.4 is 15.8 Å². The molecule has 0 radical (unpaired) electrons. The number of carbonyl (C=O) groups is 1. The number of nitrogens with zero attached hydrogens (tertiary/aromatic N) is 4. The SMILES string of the molecule is C[C@H](Nc1ccc(Cl)nc1C(=O)O)c1cc(F)cc2c(=O)n(C)c(N3CC(c4ccccc4)C3)nc12. The van der Waals surface area contributed by atoms with Gasteiger partial charge in [0.1, 0.15) is 11.0 Å². The lowest BCUT2D eigenvalue weighted by Gasteiger charge is -2.41. The molecule has 4 aromatic rings. The minimum absolute atomic E-state index is 0.0416. The van der Waals surface area contributed by atoms with Gasteiger partial charge in [0, 0.05) is 31.6 Å². The third kappa shape index (κ3) is 4.26. The van der Waals surface area contributed by atoms with Gasteiger partial charge in [-0.3, -0.25) is 9.36 Å². The minimum Gasteiger partial charge on any atom is -0.476 e. The van der Waals surface area contributed by atoms with Crippen LogP contribution >= 0.6 is 11.6 Å². The van der Waals surface area contributed by atoms with Crippen LogP contribution in [-0.2, 0) is 7.05 Å². The zero-order valence-corrected chi connectivity index (χ0v) is 20.3. The molecule has 1 saturated heterocycles. The molecule has 0 bridgehead atoms. The van der Waals surface area contributed by atoms with Crippen LogP contribution in [0.25, 0.3) is 10.9 Å². The van der Waals surface area contributed by atoms with Crippen molar-refractivity contribution in [3.63, 3.8) is 0 Å². The summed E-state index contributed by atoms with van der Waals surface area (Å²) in [7, 11) is 1.63. The maximum atomic E-state index is 14.6. The number of rotatable bonds is 6. The molecule has 1 aliphatic heterocycles. The van der Waals surface area contributed by atoms with E-state index in [0.717, 1.165) is 0 Å². The van der Waals surface area contributed by atoms with Gasteiger partial charge < -0.3 is 15.3 Å². The summed E-state index contributed by atoms with van der Waals surface area (Å²) in [6.07, 6.45) is 0. The smallest absolute Gasteiger partial charge is 0.356 e. The number of pyridine rings is 1. The van der Waals surface area contributed by atoms with Gasteiger partial charge in [-0.1, -0.05) is 41.9 Å². The zero-order chi connectivity index (χ0) is 25.6. The van der Waals surface area contributed by atoms with Gasteiger partial charge in [0.2, 0.25) is 5.95 Å². The summed E-state index contributed by atoms with van der Waals surface area (Å²) in [6.45, 7) is 3.15. The van der Waals surface area contributed by atoms with Gasteiger partial charge >= 0.3 is 5.97 Å². The lowest BCUT2D eigenvalue weighted by molar-refractivity contribution is 0.0691. The molecular weight excluding hydrogens is 485 g/mol. The lowest BCUT2D eigenvalue weighted by Crippen LogP contribution is -2.47. The van der Waals surface area contributed by atoms with Crippen molar-refractivity contribution in [1.82, 2.24) is 14.5 Å². The summed E-state index contributed by atoms with van der Waals surface area (Å²) in [4.78, 5) is 35.5. The average Bonchev–Trinajstić information content (AvgIpc) is 2.83. The van der Waals surface area contributed by atoms with Crippen LogP contribution in [0.4, 0.5) is 16.0 Å². The largest absolute Gasteiger partial charge is 0.476 e. The minimum atomic E-state index is -1.25. The molecule has 1 aliphatic rings. The summed E-state index contributed by atoms with van der Waals surface area (Å²) in [5.41, 5.74) is 1.62. The molecule has 2 aromatic heterocycles. The summed E-state index contributed by atoms with van der Waals surface area (Å²) in [5.74, 6) is -1.01. The fourth-order valence-corrected chi connectivity index (χ4v) is 4.72. The van der Waals surface area contributed by atoms with Gasteiger partial charge in [-0.15, -0.1) is 0 Å². The molecule has 0 unspecified atom stereocenters. The van der Waals surface area contributed by atoms with Crippen LogP contribution in [0, 0.1) is 5.82 Å². The van der Waals surface area contributed by atoms with E-state index >= 15 is 0 Å². The Morgan fingerprint density at radius 1 is 1.17 bits per heavy atom. The number of nitrogens with one attached hydrogen (secondary N) is 1. The molecule has 5 rings (SSSR count). The number of hydrogen-bond donors (Lipinski definition) is 2. The van der Waals surface area contributed by atoms with E-state index in [0.29, 0.717) is 36.0 Å². The Bertz CT molecular complexity index is 1540. The molecule has 0 spiro atoms. The molecule has 2 N–H and O–H groups in total. The molecule has 2 aromatic carbocycles. The van der Waals surface area contributed by atoms with E-state index in [1.807, 2.05) is 23.1 Å². The second-order valence-corrected chi connectivity index (χ2v) is 9.27. The molecule has 1 fully saturated rings. The number of fused-ring (bicyclic) bond motifs is 1. The van der Waals surface area contributed by atoms with E-state index in [9.17, 15) is 19.1 Å². The van der Waals surface area contributed by atoms with Crippen molar-refractivity contribution in [2.45, 2.75) is 18.9 Å². The van der Waals surface area contributed by atoms with Crippen molar-refractivity contribution in [3.8, 4) is 0 Å². The van der Waals surface area contributed by atoms with Crippen LogP contribution in [0.1, 0.15) is 40.5 Å². The molecule has 1 atom stereocenters. The highest BCUT2D eigenvalue weighted by Gasteiger charge is 2.31. The molecule has 0 aliphatic carbocycles. The highest BCUT2D eigenvalue weighted by atomic mass is 35.5. The molecular formula is C26H23ClFN5O3. The van der Waals surface area contributed by atoms with E-state index in [-0.39, 0.29) is 27.5 Å². The van der Waals surface area contributed by atoms with Crippen LogP contribution in [0.5, 0.6) is 0 Å². The molecule has 184 valence electrons. The first kappa shape index (κ1) is 23.7. The van der Waals surface area contributed by atoms with Gasteiger partial charge in [-0.2, -0.15) is 0 Å². The lowest BCUT2D eigenvalue weighted by atomic mass is 9.92. The predicted octanol–water partition coefficient (Wildman–Crippen LogP) is 4.60. The fraction of sp³-hybridized carbons (Fsp3) is 0.231. The number of halogens is 2. The summed E-state index contributed by atoms with van der Waals surface area (Å²) >= 11 is 5.86. The highest BCUT2D eigenvalue weighted by molar-refractivity contribution is 6.29. The molecule has 0 saturated carbocycles. The topological polar surface area (TPSA) is 100 Å². The standard InChI is InChI=1S/C26H23ClFN5O3/c1-14(29-20-8-9-21(27)30-23(20)25(35)36)18-10-17(28)11-19-22(18)31-26(32(2)24(19)34)33-12-16(13-33)15-6-4-3-5-7-15/h3-11,14,16,29H,12-13H2,1-2H3,(H,35,36)/t14-/m0/s1. The van der Waals surface area contributed by atoms with Crippen molar-refractivity contribution in [1.29, 1.82) is 0 Å². The maximum absolute atomic E-state index is 14.6. The van der Waals surface area contributed by atoms with Crippen molar-refractivity contribution < 1.29 is 14.3 Å². The van der Waals surface area contributed by atoms with Crippen molar-refractivity contribution >= 4 is 40.1 Å². The van der Waals surface area contributed by atoms with Crippen LogP contribution in [0.3, 0.4) is 0 Å². The van der Waals surface area contributed by atoms with E-state index in [4.69, 9.17) is 16.6 Å². The number of aromatic carboxylic acids is 1. The Kier molecular flexibility index (Phi) is 6.09. The first-order chi connectivity index (χ1) is 17.2. The number of benzene rings is 2. The average molecular weight is 508 g/mol. The Balaban J connectivity index is 1.52. The number of carboxylic acids is 1. The number of aromatic nitrogens is 3. The molecule has 8 nitrogen and oxygen atoms in total. The van der Waals surface area contributed by atoms with E-state index in [1.54, 1.807) is 14.0 Å². The maximum Gasteiger partial charge on any atom is 0.356 e. The molecule has 3 heterocycles. The van der Waals surface area contributed by atoms with E-state index in [2.05, 4.69) is 22.4 Å². The second-order valence-electron chi connectivity index (χ2n) is 8.88. The first-order valence-corrected chi connectivity index (χ1v) is 11.8. The van der Waals surface area contributed by atoms with Gasteiger partial charge in [0.05, 0.1) is 22.6 Å². The summed E-state index contributed by atoms with van der Waals surface area (Å²) in [6, 6.07) is 15.0. The van der Waals surface area contributed by atoms with Crippen molar-refractivity contribution in [2.75, 3.05) is 23.3 Å². The van der Waals surface area contributed by atoms with Gasteiger partial charge in [0.25, 0.3) is 5.56 Å². The van der Waals surface area contributed by atoms with Crippen molar-refractivity contribution in [3.05, 3.63) is 92.7 Å². The van der Waals surface area contributed by atoms with Crippen LogP contribution in [0.2, 0.25) is 5.15 Å². The molecule has 10 heteroatoms. The number of carboxylic acid groups (broad SMARTS) is 1. The van der Waals surface area contributed by atoms with Crippen LogP contribution in [-0.4, -0.2) is 38.7 Å². The monoisotopic (exact) mass is 507 g/mol. The fourth-order valence-electron chi connectivity index (χ4n) is 4.57. The molecule has 0 amide bonds. The van der Waals surface area contributed by atoms with Crippen LogP contribution in [0.15, 0.2) is 59.4 Å². The summed E-state index contributed by atoms with van der Waals surface area (Å²) < 4.78 is 16.0. The van der Waals surface area contributed by atoms with Crippen molar-refractivity contribution in [2.24, 2.45) is 7.05 Å². The summed E-state index contributed by atoms with van der Waals surface area (Å²) in [5, 5.41) is 12.8. The normalized spacial score (nSPS) is 14.5. The first-order valence-electron chi connectivity index (χ1n) is 11.4. The third-order valence-electron chi connectivity index (χ3n) is 6.49. The molecule has 36 heavy (non-hydrogen) atoms. The Morgan fingerprint density at radius 2 is 1.89 bits per heavy atom. The Hall–Kier alpha value is -3.98. The zero-order valence-electron chi connectivity index (χ0n) is 19.6. The highest BCUT2D eigenvalue weighted by Crippen LogP contribution is 2.33.